The van der Waals surface area contributed by atoms with Gasteiger partial charge in [0, 0.05) is 17.8 Å². The molecule has 2 aliphatic rings. The summed E-state index contributed by atoms with van der Waals surface area (Å²) in [4.78, 5) is 6.74. The fourth-order valence-corrected chi connectivity index (χ4v) is 4.36. The average molecular weight is 467 g/mol. The highest BCUT2D eigenvalue weighted by Crippen LogP contribution is 2.39. The molecule has 3 aromatic rings. The van der Waals surface area contributed by atoms with Gasteiger partial charge < -0.3 is 24.2 Å². The summed E-state index contributed by atoms with van der Waals surface area (Å²) in [7, 11) is 0. The van der Waals surface area contributed by atoms with Crippen LogP contribution in [0.15, 0.2) is 52.7 Å². The average Bonchev–Trinajstić information content (AvgIpc) is 3.46. The van der Waals surface area contributed by atoms with Crippen molar-refractivity contribution in [3.63, 3.8) is 0 Å². The van der Waals surface area contributed by atoms with Gasteiger partial charge in [-0.05, 0) is 61.0 Å². The van der Waals surface area contributed by atoms with Crippen molar-refractivity contribution >= 4 is 22.9 Å². The molecule has 5 rings (SSSR count). The summed E-state index contributed by atoms with van der Waals surface area (Å²) in [6.45, 7) is 7.18. The highest BCUT2D eigenvalue weighted by Gasteiger charge is 2.34. The number of aromatic nitrogens is 2. The summed E-state index contributed by atoms with van der Waals surface area (Å²) in [5, 5.41) is 8.20. The molecule has 3 heterocycles. The highest BCUT2D eigenvalue weighted by molar-refractivity contribution is 7.80. The Morgan fingerprint density at radius 1 is 1.15 bits per heavy atom. The smallest absolute Gasteiger partial charge is 0.258 e. The molecule has 170 valence electrons. The zero-order chi connectivity index (χ0) is 23.1. The standard InChI is InChI=1S/C24H23FN4O3S/c1-13(2)11-29-14(3)20(21(26-24(29)33)15-4-7-17(25)8-5-15)23-27-22(28-32-23)16-6-9-18-19(10-16)31-12-30-18/h4-10,13,21H,11-12H2,1-3H3,(H,26,33). The van der Waals surface area contributed by atoms with Crippen molar-refractivity contribution in [2.75, 3.05) is 13.3 Å². The molecule has 2 aliphatic heterocycles. The van der Waals surface area contributed by atoms with Gasteiger partial charge in [0.25, 0.3) is 5.89 Å². The molecular weight excluding hydrogens is 443 g/mol. The summed E-state index contributed by atoms with van der Waals surface area (Å²) in [6, 6.07) is 11.5. The highest BCUT2D eigenvalue weighted by atomic mass is 32.1. The maximum absolute atomic E-state index is 13.6. The van der Waals surface area contributed by atoms with Gasteiger partial charge in [-0.2, -0.15) is 4.98 Å². The Hall–Kier alpha value is -3.46. The van der Waals surface area contributed by atoms with Crippen molar-refractivity contribution < 1.29 is 18.4 Å². The minimum Gasteiger partial charge on any atom is -0.454 e. The van der Waals surface area contributed by atoms with Crippen LogP contribution in [0.2, 0.25) is 0 Å². The SMILES string of the molecule is CC1=C(c2nc(-c3ccc4c(c3)OCO4)no2)C(c2ccc(F)cc2)NC(=S)N1CC(C)C. The number of hydrogen-bond donors (Lipinski definition) is 1. The molecule has 0 spiro atoms. The number of benzene rings is 2. The molecule has 1 atom stereocenters. The van der Waals surface area contributed by atoms with Gasteiger partial charge in [0.1, 0.15) is 5.82 Å². The van der Waals surface area contributed by atoms with Gasteiger partial charge in [0.15, 0.2) is 16.6 Å². The summed E-state index contributed by atoms with van der Waals surface area (Å²) < 4.78 is 30.2. The normalized spacial score (nSPS) is 17.7. The third-order valence-corrected chi connectivity index (χ3v) is 5.97. The topological polar surface area (TPSA) is 72.6 Å². The van der Waals surface area contributed by atoms with Gasteiger partial charge in [-0.3, -0.25) is 0 Å². The predicted molar refractivity (Wildman–Crippen MR) is 125 cm³/mol. The van der Waals surface area contributed by atoms with Gasteiger partial charge in [0.2, 0.25) is 12.6 Å². The van der Waals surface area contributed by atoms with E-state index >= 15 is 0 Å². The van der Waals surface area contributed by atoms with E-state index < -0.39 is 0 Å². The van der Waals surface area contributed by atoms with Crippen LogP contribution in [-0.4, -0.2) is 33.5 Å². The Morgan fingerprint density at radius 3 is 2.67 bits per heavy atom. The van der Waals surface area contributed by atoms with Crippen LogP contribution in [0.4, 0.5) is 4.39 Å². The molecule has 0 aliphatic carbocycles. The van der Waals surface area contributed by atoms with Crippen LogP contribution in [0.5, 0.6) is 11.5 Å². The maximum atomic E-state index is 13.6. The number of halogens is 1. The summed E-state index contributed by atoms with van der Waals surface area (Å²) in [5.74, 6) is 2.22. The first-order valence-electron chi connectivity index (χ1n) is 10.7. The molecule has 0 fully saturated rings. The van der Waals surface area contributed by atoms with Crippen molar-refractivity contribution in [2.24, 2.45) is 5.92 Å². The molecule has 0 bridgehead atoms. The second-order valence-corrected chi connectivity index (χ2v) is 8.82. The van der Waals surface area contributed by atoms with Gasteiger partial charge in [0.05, 0.1) is 11.6 Å². The zero-order valence-corrected chi connectivity index (χ0v) is 19.3. The maximum Gasteiger partial charge on any atom is 0.258 e. The molecule has 0 radical (unpaired) electrons. The first kappa shape index (κ1) is 21.4. The molecule has 9 heteroatoms. The van der Waals surface area contributed by atoms with E-state index in [1.165, 1.54) is 12.1 Å². The Kier molecular flexibility index (Phi) is 5.49. The third-order valence-electron chi connectivity index (χ3n) is 5.63. The van der Waals surface area contributed by atoms with Crippen LogP contribution in [0.3, 0.4) is 0 Å². The lowest BCUT2D eigenvalue weighted by molar-refractivity contribution is 0.174. The minimum atomic E-state index is -0.355. The lowest BCUT2D eigenvalue weighted by Crippen LogP contribution is -2.47. The first-order chi connectivity index (χ1) is 15.9. The third kappa shape index (κ3) is 4.04. The monoisotopic (exact) mass is 466 g/mol. The molecule has 0 saturated heterocycles. The van der Waals surface area contributed by atoms with Gasteiger partial charge in [-0.15, -0.1) is 0 Å². The Balaban J connectivity index is 1.58. The van der Waals surface area contributed by atoms with Crippen LogP contribution in [0.25, 0.3) is 17.0 Å². The number of nitrogens with one attached hydrogen (secondary N) is 1. The van der Waals surface area contributed by atoms with E-state index in [0.29, 0.717) is 34.2 Å². The lowest BCUT2D eigenvalue weighted by Gasteiger charge is -2.38. The van der Waals surface area contributed by atoms with E-state index in [0.717, 1.165) is 28.9 Å². The van der Waals surface area contributed by atoms with E-state index in [1.807, 2.05) is 30.0 Å². The lowest BCUT2D eigenvalue weighted by atomic mass is 9.94. The quantitative estimate of drug-likeness (QED) is 0.531. The fraction of sp³-hybridized carbons (Fsp3) is 0.292. The summed E-state index contributed by atoms with van der Waals surface area (Å²) >= 11 is 5.67. The molecule has 1 unspecified atom stereocenters. The molecule has 2 aromatic carbocycles. The van der Waals surface area contributed by atoms with Gasteiger partial charge in [-0.1, -0.05) is 31.1 Å². The van der Waals surface area contributed by atoms with Gasteiger partial charge >= 0.3 is 0 Å². The van der Waals surface area contributed by atoms with E-state index in [2.05, 4.69) is 24.3 Å². The number of fused-ring (bicyclic) bond motifs is 1. The number of rotatable bonds is 5. The van der Waals surface area contributed by atoms with E-state index in [9.17, 15) is 4.39 Å². The van der Waals surface area contributed by atoms with Crippen LogP contribution in [0, 0.1) is 11.7 Å². The Bertz CT molecular complexity index is 1240. The fourth-order valence-electron chi connectivity index (χ4n) is 4.03. The minimum absolute atomic E-state index is 0.193. The van der Waals surface area contributed by atoms with Gasteiger partial charge in [-0.25, -0.2) is 4.39 Å². The van der Waals surface area contributed by atoms with Crippen LogP contribution >= 0.6 is 12.2 Å². The molecule has 33 heavy (non-hydrogen) atoms. The molecule has 1 N–H and O–H groups in total. The van der Waals surface area contributed by atoms with Crippen LogP contribution < -0.4 is 14.8 Å². The number of ether oxygens (including phenoxy) is 2. The van der Waals surface area contributed by atoms with Crippen LogP contribution in [-0.2, 0) is 0 Å². The molecular formula is C24H23FN4O3S. The second kappa shape index (κ2) is 8.47. The van der Waals surface area contributed by atoms with E-state index in [1.54, 1.807) is 12.1 Å². The molecule has 0 amide bonds. The van der Waals surface area contributed by atoms with Crippen molar-refractivity contribution in [3.8, 4) is 22.9 Å². The molecule has 7 nitrogen and oxygen atoms in total. The summed E-state index contributed by atoms with van der Waals surface area (Å²) in [5.41, 5.74) is 3.32. The Morgan fingerprint density at radius 2 is 1.91 bits per heavy atom. The first-order valence-corrected chi connectivity index (χ1v) is 11.1. The molecule has 1 aromatic heterocycles. The number of allylic oxidation sites excluding steroid dienone is 1. The van der Waals surface area contributed by atoms with Crippen molar-refractivity contribution in [2.45, 2.75) is 26.8 Å². The van der Waals surface area contributed by atoms with Crippen molar-refractivity contribution in [3.05, 3.63) is 65.4 Å². The zero-order valence-electron chi connectivity index (χ0n) is 18.5. The number of hydrogen-bond acceptors (Lipinski definition) is 6. The molecule has 0 saturated carbocycles. The number of thiocarbonyl (C=S) groups is 1. The Labute approximate surface area is 196 Å². The van der Waals surface area contributed by atoms with E-state index in [-0.39, 0.29) is 18.7 Å². The van der Waals surface area contributed by atoms with Crippen molar-refractivity contribution in [1.29, 1.82) is 0 Å². The second-order valence-electron chi connectivity index (χ2n) is 8.43. The number of nitrogens with zero attached hydrogens (tertiary/aromatic N) is 3. The van der Waals surface area contributed by atoms with Crippen LogP contribution in [0.1, 0.15) is 38.3 Å². The summed E-state index contributed by atoms with van der Waals surface area (Å²) in [6.07, 6.45) is 0. The largest absolute Gasteiger partial charge is 0.454 e. The predicted octanol–water partition coefficient (Wildman–Crippen LogP) is 4.92. The van der Waals surface area contributed by atoms with Crippen molar-refractivity contribution in [1.82, 2.24) is 20.4 Å². The van der Waals surface area contributed by atoms with E-state index in [4.69, 9.17) is 31.2 Å².